The number of alkyl halides is 20. The molecular formula is C86H140F20O19. The zero-order valence-corrected chi connectivity index (χ0v) is 76.8. The SMILES string of the molecule is CCC(C)(C)C(=O)OC.CCC(C)(C)C(=O)OC(C)CC(O)(C(F)(F)F)C(F)(F)F.CCC(C)(C)C(=O)OC(CC(O)(C(F)(F)F)C(F)(F)F)C1CCCCC1.CCC(C)(C)C(=O)OC1(C(C)(C)O)CCCC1.CCC(C)(C)C(=O)OC1(C)COC(O)(C(F)(F)F)C1.CCC(C)(C)C(=O)OC12CCCCC1CC(C)(O)C2.OC1(C(F)(F)F)C2CCC(C2)C1(F)F. The number of hydrogen-bond acceptors (Lipinski definition) is 19. The predicted molar refractivity (Wildman–Crippen MR) is 419 cm³/mol. The van der Waals surface area contributed by atoms with E-state index in [1.54, 1.807) is 48.5 Å². The Morgan fingerprint density at radius 3 is 1.13 bits per heavy atom. The fourth-order valence-corrected chi connectivity index (χ4v) is 15.0. The first-order valence-corrected chi connectivity index (χ1v) is 42.7. The number of esters is 6. The van der Waals surface area contributed by atoms with Crippen LogP contribution in [0, 0.1) is 56.2 Å². The number of ether oxygens (including phenoxy) is 7. The molecular weight excluding hydrogens is 1720 g/mol. The molecule has 6 N–H and O–H groups in total. The minimum atomic E-state index is -5.93. The number of fused-ring (bicyclic) bond motifs is 3. The topological polar surface area (TPSA) is 288 Å². The molecule has 0 aromatic carbocycles. The number of halogens is 20. The third-order valence-corrected chi connectivity index (χ3v) is 26.6. The maximum absolute atomic E-state index is 13.2. The molecule has 10 atom stereocenters. The van der Waals surface area contributed by atoms with E-state index in [9.17, 15) is 142 Å². The summed E-state index contributed by atoms with van der Waals surface area (Å²) in [6.45, 7) is 38.7. The van der Waals surface area contributed by atoms with Crippen LogP contribution in [0.25, 0.3) is 0 Å². The van der Waals surface area contributed by atoms with Gasteiger partial charge in [-0.2, -0.15) is 79.0 Å². The molecule has 125 heavy (non-hydrogen) atoms. The van der Waals surface area contributed by atoms with Crippen molar-refractivity contribution in [3.05, 3.63) is 0 Å². The summed E-state index contributed by atoms with van der Waals surface area (Å²) in [5.41, 5.74) is -21.9. The molecule has 6 saturated carbocycles. The van der Waals surface area contributed by atoms with Crippen molar-refractivity contribution in [2.75, 3.05) is 13.7 Å². The lowest BCUT2D eigenvalue weighted by molar-refractivity contribution is -0.375. The first kappa shape index (κ1) is 118. The Balaban J connectivity index is 0.000000740. The number of hydrogen-bond donors (Lipinski definition) is 6. The number of aliphatic hydroxyl groups is 6. The van der Waals surface area contributed by atoms with Crippen LogP contribution in [0.5, 0.6) is 0 Å². The summed E-state index contributed by atoms with van der Waals surface area (Å²) >= 11 is 0. The van der Waals surface area contributed by atoms with Crippen LogP contribution in [0.15, 0.2) is 0 Å². The molecule has 6 aliphatic carbocycles. The van der Waals surface area contributed by atoms with Crippen LogP contribution in [-0.2, 0) is 61.9 Å². The van der Waals surface area contributed by atoms with Gasteiger partial charge in [0.05, 0.1) is 63.8 Å². The van der Waals surface area contributed by atoms with E-state index in [4.69, 9.17) is 24.1 Å². The van der Waals surface area contributed by atoms with Gasteiger partial charge >= 0.3 is 72.9 Å². The Kier molecular flexibility index (Phi) is 40.0. The van der Waals surface area contributed by atoms with Crippen molar-refractivity contribution in [3.8, 4) is 0 Å². The van der Waals surface area contributed by atoms with Gasteiger partial charge in [0.1, 0.15) is 29.0 Å². The lowest BCUT2D eigenvalue weighted by atomic mass is 9.77. The first-order chi connectivity index (χ1) is 55.7. The highest BCUT2D eigenvalue weighted by Gasteiger charge is 2.80. The van der Waals surface area contributed by atoms with E-state index in [1.165, 1.54) is 48.1 Å². The number of rotatable bonds is 23. The molecule has 7 fully saturated rings. The molecule has 2 bridgehead atoms. The highest BCUT2D eigenvalue weighted by Crippen LogP contribution is 2.65. The highest BCUT2D eigenvalue weighted by atomic mass is 19.4. The number of methoxy groups -OCH3 is 1. The lowest BCUT2D eigenvalue weighted by Crippen LogP contribution is -2.62. The van der Waals surface area contributed by atoms with E-state index < -0.39 is 194 Å². The molecule has 0 radical (unpaired) electrons. The Bertz CT molecular complexity index is 3420. The highest BCUT2D eigenvalue weighted by molar-refractivity contribution is 5.78. The maximum atomic E-state index is 13.2. The lowest BCUT2D eigenvalue weighted by Gasteiger charge is -2.41. The summed E-state index contributed by atoms with van der Waals surface area (Å²) in [4.78, 5) is 71.2. The fourth-order valence-electron chi connectivity index (χ4n) is 15.0. The van der Waals surface area contributed by atoms with Crippen molar-refractivity contribution in [1.82, 2.24) is 0 Å². The summed E-state index contributed by atoms with van der Waals surface area (Å²) in [5, 5.41) is 57.7. The normalized spacial score (nSPS) is 26.2. The van der Waals surface area contributed by atoms with Gasteiger partial charge in [-0.05, 0) is 246 Å². The van der Waals surface area contributed by atoms with Gasteiger partial charge in [0.25, 0.3) is 22.9 Å². The van der Waals surface area contributed by atoms with Crippen LogP contribution in [0.1, 0.15) is 333 Å². The van der Waals surface area contributed by atoms with Crippen molar-refractivity contribution in [1.29, 1.82) is 0 Å². The molecule has 10 unspecified atom stereocenters. The van der Waals surface area contributed by atoms with Crippen LogP contribution in [0.4, 0.5) is 87.8 Å². The molecule has 738 valence electrons. The Labute approximate surface area is 722 Å². The van der Waals surface area contributed by atoms with Crippen molar-refractivity contribution in [3.63, 3.8) is 0 Å². The summed E-state index contributed by atoms with van der Waals surface area (Å²) in [5.74, 6) is -13.0. The standard InChI is InChI=1S/C17H26F6O3.C16H28O3.C14H26O3.C12H18F6O3.C12H19F3O4.C8H9F5O.C7H14O2/c1-4-14(2,3)13(24)26-12(11-8-6-5-7-9-11)10-15(25,16(18,19)20)17(21,22)23;1-5-14(2,3)13(17)19-16-9-7-6-8-12(16)10-15(4,18)11-16;1-6-12(2,3)11(15)17-14(13(4,5)16)9-7-8-10-14;1-5-9(3,4)8(19)21-7(2)6-10(20,11(13,14)15)12(16,17)18;1-5-9(2,3)8(16)19-10(4)6-11(17,18-7-10)12(13,14)15;9-7(10)5-2-1-4(3-5)6(7,14)8(11,12)13;1-5-7(2,3)6(8)9-4/h11-12,25H,4-10H2,1-3H3;12,18H,5-11H2,1-4H3;16H,6-10H2,1-5H3;7,20H,5-6H2,1-4H3;17H,5-7H2,1-4H3;4-5,14H,1-3H2;5H2,1-4H3. The van der Waals surface area contributed by atoms with Crippen molar-refractivity contribution >= 4 is 35.8 Å². The third-order valence-electron chi connectivity index (χ3n) is 26.6. The van der Waals surface area contributed by atoms with E-state index in [1.807, 2.05) is 69.2 Å². The average molecular weight is 1860 g/mol. The Morgan fingerprint density at radius 2 is 0.784 bits per heavy atom. The first-order valence-electron chi connectivity index (χ1n) is 42.7. The summed E-state index contributed by atoms with van der Waals surface area (Å²) in [6, 6.07) is 0. The molecule has 7 rings (SSSR count). The van der Waals surface area contributed by atoms with E-state index in [2.05, 4.69) is 14.2 Å². The molecule has 0 spiro atoms. The van der Waals surface area contributed by atoms with Crippen LogP contribution < -0.4 is 0 Å². The van der Waals surface area contributed by atoms with Gasteiger partial charge in [-0.1, -0.05) is 67.2 Å². The van der Waals surface area contributed by atoms with Gasteiger partial charge in [0.15, 0.2) is 0 Å². The zero-order chi connectivity index (χ0) is 98.7. The number of carbonyl (C=O) groups excluding carboxylic acids is 6. The molecule has 0 amide bonds. The maximum Gasteiger partial charge on any atom is 0.443 e. The molecule has 0 aromatic heterocycles. The molecule has 1 aliphatic heterocycles. The molecule has 1 heterocycles. The molecule has 7 aliphatic rings. The van der Waals surface area contributed by atoms with Crippen LogP contribution in [0.3, 0.4) is 0 Å². The Hall–Kier alpha value is -4.86. The zero-order valence-electron chi connectivity index (χ0n) is 76.8. The van der Waals surface area contributed by atoms with Crippen molar-refractivity contribution in [2.45, 2.75) is 438 Å². The predicted octanol–water partition coefficient (Wildman–Crippen LogP) is 21.6. The van der Waals surface area contributed by atoms with E-state index in [0.29, 0.717) is 57.3 Å². The molecule has 0 aromatic rings. The van der Waals surface area contributed by atoms with Crippen molar-refractivity contribution in [2.24, 2.45) is 56.2 Å². The van der Waals surface area contributed by atoms with Crippen LogP contribution in [0.2, 0.25) is 0 Å². The molecule has 19 nitrogen and oxygen atoms in total. The van der Waals surface area contributed by atoms with Gasteiger partial charge in [-0.15, -0.1) is 0 Å². The fraction of sp³-hybridized carbons (Fsp3) is 0.930. The average Bonchev–Trinajstić information content (AvgIpc) is 1.54. The third kappa shape index (κ3) is 29.3. The second kappa shape index (κ2) is 42.4. The van der Waals surface area contributed by atoms with Gasteiger partial charge < -0.3 is 63.8 Å². The molecule has 39 heteroatoms. The van der Waals surface area contributed by atoms with Gasteiger partial charge in [0.2, 0.25) is 5.60 Å². The quantitative estimate of drug-likeness (QED) is 0.0315. The monoisotopic (exact) mass is 1860 g/mol. The van der Waals surface area contributed by atoms with E-state index in [0.717, 1.165) is 84.0 Å². The molecule has 1 saturated heterocycles. The Morgan fingerprint density at radius 1 is 0.424 bits per heavy atom. The summed E-state index contributed by atoms with van der Waals surface area (Å²) < 4.78 is 290. The van der Waals surface area contributed by atoms with Gasteiger partial charge in [-0.3, -0.25) is 28.8 Å². The van der Waals surface area contributed by atoms with Crippen molar-refractivity contribution < 1.29 is 180 Å². The van der Waals surface area contributed by atoms with E-state index >= 15 is 0 Å². The van der Waals surface area contributed by atoms with Gasteiger partial charge in [-0.25, -0.2) is 8.78 Å². The minimum absolute atomic E-state index is 0.0380. The number of carbonyl (C=O) groups is 6. The summed E-state index contributed by atoms with van der Waals surface area (Å²) in [7, 11) is 1.42. The minimum Gasteiger partial charge on any atom is -0.469 e. The second-order valence-corrected chi connectivity index (χ2v) is 39.7. The second-order valence-electron chi connectivity index (χ2n) is 39.7. The van der Waals surface area contributed by atoms with E-state index in [-0.39, 0.29) is 42.6 Å². The van der Waals surface area contributed by atoms with Crippen LogP contribution >= 0.6 is 0 Å². The van der Waals surface area contributed by atoms with Crippen LogP contribution in [-0.4, -0.2) is 186 Å². The van der Waals surface area contributed by atoms with Gasteiger partial charge in [0, 0.05) is 37.0 Å². The summed E-state index contributed by atoms with van der Waals surface area (Å²) in [6.07, 6.45) is -26.3. The largest absolute Gasteiger partial charge is 0.469 e. The smallest absolute Gasteiger partial charge is 0.443 e.